The van der Waals surface area contributed by atoms with Gasteiger partial charge in [0, 0.05) is 26.1 Å². The van der Waals surface area contributed by atoms with E-state index in [1.54, 1.807) is 6.08 Å². The molecule has 0 unspecified atom stereocenters. The number of carbonyl (C=O) groups is 2. The summed E-state index contributed by atoms with van der Waals surface area (Å²) in [6.07, 6.45) is 4.09. The zero-order chi connectivity index (χ0) is 11.3. The lowest BCUT2D eigenvalue weighted by molar-refractivity contribution is -0.135. The Morgan fingerprint density at radius 1 is 1.47 bits per heavy atom. The van der Waals surface area contributed by atoms with Gasteiger partial charge in [0.05, 0.1) is 5.70 Å². The Labute approximate surface area is 88.3 Å². The normalized spacial score (nSPS) is 19.1. The molecule has 0 atom stereocenters. The highest BCUT2D eigenvalue weighted by Crippen LogP contribution is 2.17. The van der Waals surface area contributed by atoms with Gasteiger partial charge in [0.25, 0.3) is 5.97 Å². The van der Waals surface area contributed by atoms with Gasteiger partial charge in [-0.05, 0) is 12.8 Å². The topological polar surface area (TPSA) is 66.8 Å². The van der Waals surface area contributed by atoms with Crippen LogP contribution in [0.5, 0.6) is 0 Å². The number of cyclic esters (lactones) is 1. The van der Waals surface area contributed by atoms with E-state index in [1.165, 1.54) is 12.8 Å². The van der Waals surface area contributed by atoms with Crippen LogP contribution in [-0.4, -0.2) is 41.6 Å². The van der Waals surface area contributed by atoms with Crippen LogP contribution in [0.2, 0.25) is 0 Å². The number of esters is 1. The molecule has 2 aliphatic rings. The minimum Gasteiger partial charge on any atom is -0.481 e. The maximum absolute atomic E-state index is 10.7. The number of likely N-dealkylation sites (tertiary alicyclic amines) is 1. The van der Waals surface area contributed by atoms with Gasteiger partial charge in [0.15, 0.2) is 0 Å². The molecule has 15 heavy (non-hydrogen) atoms. The summed E-state index contributed by atoms with van der Waals surface area (Å²) in [6, 6.07) is 0. The van der Waals surface area contributed by atoms with Crippen molar-refractivity contribution in [3.05, 3.63) is 11.8 Å². The van der Waals surface area contributed by atoms with E-state index in [2.05, 4.69) is 4.90 Å². The summed E-state index contributed by atoms with van der Waals surface area (Å²) in [5, 5.41) is 7.42. The second-order valence-electron chi connectivity index (χ2n) is 3.46. The standard InChI is InChI=1S/C8H11NO2.C2H4O2/c10-8-5-7(6-11-8)9-3-1-2-4-9;1-2(3)4/h5H,1-4,6H2;1H3,(H,3,4). The number of ether oxygens (including phenoxy) is 1. The Kier molecular flexibility index (Phi) is 4.15. The molecule has 0 aromatic rings. The smallest absolute Gasteiger partial charge is 0.333 e. The van der Waals surface area contributed by atoms with E-state index in [-0.39, 0.29) is 5.97 Å². The molecule has 0 aliphatic carbocycles. The molecule has 0 radical (unpaired) electrons. The molecule has 2 aliphatic heterocycles. The van der Waals surface area contributed by atoms with Crippen LogP contribution in [0, 0.1) is 0 Å². The Balaban J connectivity index is 0.000000245. The summed E-state index contributed by atoms with van der Waals surface area (Å²) >= 11 is 0. The largest absolute Gasteiger partial charge is 0.481 e. The molecular formula is C10H15NO4. The highest BCUT2D eigenvalue weighted by atomic mass is 16.5. The third-order valence-electron chi connectivity index (χ3n) is 2.16. The monoisotopic (exact) mass is 213 g/mol. The second-order valence-corrected chi connectivity index (χ2v) is 3.46. The summed E-state index contributed by atoms with van der Waals surface area (Å²) < 4.78 is 4.80. The lowest BCUT2D eigenvalue weighted by atomic mass is 10.4. The fourth-order valence-electron chi connectivity index (χ4n) is 1.55. The van der Waals surface area contributed by atoms with Gasteiger partial charge in [0.2, 0.25) is 0 Å². The third kappa shape index (κ3) is 4.01. The van der Waals surface area contributed by atoms with Gasteiger partial charge < -0.3 is 14.7 Å². The summed E-state index contributed by atoms with van der Waals surface area (Å²) in [5.74, 6) is -1.02. The Hall–Kier alpha value is -1.52. The second kappa shape index (κ2) is 5.38. The van der Waals surface area contributed by atoms with E-state index in [1.807, 2.05) is 0 Å². The van der Waals surface area contributed by atoms with Crippen LogP contribution in [0.15, 0.2) is 11.8 Å². The Bertz CT molecular complexity index is 275. The molecule has 0 amide bonds. The minimum atomic E-state index is -0.833. The number of carbonyl (C=O) groups excluding carboxylic acids is 1. The van der Waals surface area contributed by atoms with Crippen molar-refractivity contribution in [2.75, 3.05) is 19.7 Å². The van der Waals surface area contributed by atoms with Crippen LogP contribution >= 0.6 is 0 Å². The van der Waals surface area contributed by atoms with Crippen molar-refractivity contribution >= 4 is 11.9 Å². The predicted molar refractivity (Wildman–Crippen MR) is 53.2 cm³/mol. The van der Waals surface area contributed by atoms with E-state index < -0.39 is 5.97 Å². The van der Waals surface area contributed by atoms with Crippen LogP contribution in [0.1, 0.15) is 19.8 Å². The minimum absolute atomic E-state index is 0.188. The van der Waals surface area contributed by atoms with E-state index in [0.717, 1.165) is 25.7 Å². The van der Waals surface area contributed by atoms with Gasteiger partial charge in [-0.2, -0.15) is 0 Å². The van der Waals surface area contributed by atoms with Gasteiger partial charge in [-0.25, -0.2) is 4.79 Å². The number of rotatable bonds is 1. The van der Waals surface area contributed by atoms with Gasteiger partial charge in [-0.3, -0.25) is 4.79 Å². The van der Waals surface area contributed by atoms with E-state index in [4.69, 9.17) is 14.6 Å². The summed E-state index contributed by atoms with van der Waals surface area (Å²) in [6.45, 7) is 3.74. The number of aliphatic carboxylic acids is 1. The molecule has 2 rings (SSSR count). The lowest BCUT2D eigenvalue weighted by Gasteiger charge is -2.16. The quantitative estimate of drug-likeness (QED) is 0.646. The first-order chi connectivity index (χ1) is 7.09. The van der Waals surface area contributed by atoms with Crippen LogP contribution in [0.3, 0.4) is 0 Å². The first-order valence-electron chi connectivity index (χ1n) is 4.91. The number of nitrogens with zero attached hydrogens (tertiary/aromatic N) is 1. The first-order valence-corrected chi connectivity index (χ1v) is 4.91. The highest BCUT2D eigenvalue weighted by Gasteiger charge is 2.21. The molecule has 1 saturated heterocycles. The SMILES string of the molecule is CC(=O)O.O=C1C=C(N2CCCC2)CO1. The van der Waals surface area contributed by atoms with Crippen LogP contribution < -0.4 is 0 Å². The summed E-state index contributed by atoms with van der Waals surface area (Å²) in [4.78, 5) is 21.9. The zero-order valence-electron chi connectivity index (χ0n) is 8.73. The van der Waals surface area contributed by atoms with Gasteiger partial charge in [-0.15, -0.1) is 0 Å². The van der Waals surface area contributed by atoms with Crippen molar-refractivity contribution in [1.82, 2.24) is 4.90 Å². The molecular weight excluding hydrogens is 198 g/mol. The summed E-state index contributed by atoms with van der Waals surface area (Å²) in [7, 11) is 0. The maximum Gasteiger partial charge on any atom is 0.333 e. The van der Waals surface area contributed by atoms with Crippen molar-refractivity contribution in [2.24, 2.45) is 0 Å². The number of carboxylic acid groups (broad SMARTS) is 1. The predicted octanol–water partition coefficient (Wildman–Crippen LogP) is 0.614. The highest BCUT2D eigenvalue weighted by molar-refractivity contribution is 5.85. The van der Waals surface area contributed by atoms with Crippen LogP contribution in [0.4, 0.5) is 0 Å². The Morgan fingerprint density at radius 3 is 2.40 bits per heavy atom. The van der Waals surface area contributed by atoms with E-state index in [0.29, 0.717) is 6.61 Å². The van der Waals surface area contributed by atoms with Gasteiger partial charge in [-0.1, -0.05) is 0 Å². The van der Waals surface area contributed by atoms with Gasteiger partial charge >= 0.3 is 5.97 Å². The van der Waals surface area contributed by atoms with Crippen LogP contribution in [-0.2, 0) is 14.3 Å². The fourth-order valence-corrected chi connectivity index (χ4v) is 1.55. The van der Waals surface area contributed by atoms with Crippen molar-refractivity contribution in [2.45, 2.75) is 19.8 Å². The molecule has 1 fully saturated rings. The van der Waals surface area contributed by atoms with Gasteiger partial charge in [0.1, 0.15) is 6.61 Å². The molecule has 84 valence electrons. The average Bonchev–Trinajstić information content (AvgIpc) is 2.71. The molecule has 2 heterocycles. The lowest BCUT2D eigenvalue weighted by Crippen LogP contribution is -2.19. The Morgan fingerprint density at radius 2 is 2.00 bits per heavy atom. The molecule has 0 aromatic heterocycles. The van der Waals surface area contributed by atoms with Crippen molar-refractivity contribution in [3.8, 4) is 0 Å². The zero-order valence-corrected chi connectivity index (χ0v) is 8.73. The molecule has 0 bridgehead atoms. The van der Waals surface area contributed by atoms with Crippen molar-refractivity contribution in [3.63, 3.8) is 0 Å². The van der Waals surface area contributed by atoms with Crippen molar-refractivity contribution < 1.29 is 19.4 Å². The molecule has 5 nitrogen and oxygen atoms in total. The van der Waals surface area contributed by atoms with Crippen LogP contribution in [0.25, 0.3) is 0 Å². The maximum atomic E-state index is 10.7. The average molecular weight is 213 g/mol. The number of hydrogen-bond donors (Lipinski definition) is 1. The van der Waals surface area contributed by atoms with E-state index in [9.17, 15) is 4.79 Å². The van der Waals surface area contributed by atoms with E-state index >= 15 is 0 Å². The molecule has 0 aromatic carbocycles. The third-order valence-corrected chi connectivity index (χ3v) is 2.16. The first kappa shape index (κ1) is 11.6. The number of hydrogen-bond acceptors (Lipinski definition) is 4. The van der Waals surface area contributed by atoms with Crippen molar-refractivity contribution in [1.29, 1.82) is 0 Å². The molecule has 0 saturated carbocycles. The number of carboxylic acids is 1. The molecule has 5 heteroatoms. The fraction of sp³-hybridized carbons (Fsp3) is 0.600. The molecule has 0 spiro atoms. The molecule has 1 N–H and O–H groups in total. The summed E-state index contributed by atoms with van der Waals surface area (Å²) in [5.41, 5.74) is 1.06.